The van der Waals surface area contributed by atoms with Crippen molar-refractivity contribution in [3.05, 3.63) is 71.3 Å². The second-order valence-electron chi connectivity index (χ2n) is 5.40. The monoisotopic (exact) mass is 247 g/mol. The summed E-state index contributed by atoms with van der Waals surface area (Å²) in [5.41, 5.74) is 7.08. The van der Waals surface area contributed by atoms with Crippen LogP contribution in [-0.4, -0.2) is 6.04 Å². The summed E-state index contributed by atoms with van der Waals surface area (Å²) in [7, 11) is 0. The highest BCUT2D eigenvalue weighted by molar-refractivity contribution is 5.91. The maximum absolute atomic E-state index is 3.70. The van der Waals surface area contributed by atoms with Gasteiger partial charge < -0.3 is 5.32 Å². The molecular formula is C18H17N. The number of hydrogen-bond acceptors (Lipinski definition) is 1. The average molecular weight is 247 g/mol. The molecule has 1 aliphatic carbocycles. The first-order valence-electron chi connectivity index (χ1n) is 7.08. The highest BCUT2D eigenvalue weighted by Gasteiger charge is 2.30. The van der Waals surface area contributed by atoms with Crippen molar-refractivity contribution >= 4 is 11.3 Å². The summed E-state index contributed by atoms with van der Waals surface area (Å²) in [6.07, 6.45) is 3.80. The zero-order valence-corrected chi connectivity index (χ0v) is 10.9. The first kappa shape index (κ1) is 10.9. The van der Waals surface area contributed by atoms with Gasteiger partial charge in [0.15, 0.2) is 0 Å². The highest BCUT2D eigenvalue weighted by Crippen LogP contribution is 2.43. The molecule has 1 heteroatoms. The Hall–Kier alpha value is -2.02. The van der Waals surface area contributed by atoms with Gasteiger partial charge in [0.1, 0.15) is 0 Å². The van der Waals surface area contributed by atoms with Gasteiger partial charge in [0.05, 0.1) is 0 Å². The van der Waals surface area contributed by atoms with Crippen molar-refractivity contribution in [3.8, 4) is 0 Å². The van der Waals surface area contributed by atoms with E-state index in [9.17, 15) is 0 Å². The van der Waals surface area contributed by atoms with Crippen LogP contribution in [0.4, 0.5) is 5.69 Å². The second kappa shape index (κ2) is 4.27. The molecule has 0 radical (unpaired) electrons. The third-order valence-corrected chi connectivity index (χ3v) is 4.27. The van der Waals surface area contributed by atoms with Gasteiger partial charge in [-0.1, -0.05) is 48.5 Å². The summed E-state index contributed by atoms with van der Waals surface area (Å²) >= 11 is 0. The molecule has 2 aromatic carbocycles. The minimum absolute atomic E-state index is 0.546. The van der Waals surface area contributed by atoms with Crippen LogP contribution in [-0.2, 0) is 0 Å². The van der Waals surface area contributed by atoms with Gasteiger partial charge in [-0.15, -0.1) is 0 Å². The molecule has 1 fully saturated rings. The van der Waals surface area contributed by atoms with Crippen molar-refractivity contribution in [1.82, 2.24) is 0 Å². The fourth-order valence-corrected chi connectivity index (χ4v) is 3.44. The summed E-state index contributed by atoms with van der Waals surface area (Å²) in [6.45, 7) is 0. The molecule has 2 aromatic rings. The molecule has 1 nitrogen and oxygen atoms in total. The minimum Gasteiger partial charge on any atom is -0.378 e. The Balaban J connectivity index is 1.97. The van der Waals surface area contributed by atoms with E-state index in [1.165, 1.54) is 41.6 Å². The Labute approximate surface area is 114 Å². The van der Waals surface area contributed by atoms with Crippen LogP contribution in [0, 0.1) is 0 Å². The van der Waals surface area contributed by atoms with E-state index in [-0.39, 0.29) is 0 Å². The molecule has 0 saturated heterocycles. The molecule has 1 atom stereocenters. The molecule has 1 saturated carbocycles. The summed E-state index contributed by atoms with van der Waals surface area (Å²) in [6, 6.07) is 20.1. The van der Waals surface area contributed by atoms with Gasteiger partial charge in [0.2, 0.25) is 0 Å². The number of benzene rings is 2. The van der Waals surface area contributed by atoms with Crippen molar-refractivity contribution < 1.29 is 0 Å². The molecule has 0 aromatic heterocycles. The quantitative estimate of drug-likeness (QED) is 0.784. The lowest BCUT2D eigenvalue weighted by atomic mass is 9.87. The number of para-hydroxylation sites is 1. The van der Waals surface area contributed by atoms with Crippen molar-refractivity contribution in [2.45, 2.75) is 25.3 Å². The SMILES string of the molecule is c1ccc(C2=C3CCCC3Nc3ccccc32)cc1. The number of hydrogen-bond donors (Lipinski definition) is 1. The Kier molecular flexibility index (Phi) is 2.44. The largest absolute Gasteiger partial charge is 0.378 e. The maximum Gasteiger partial charge on any atom is 0.0483 e. The lowest BCUT2D eigenvalue weighted by Gasteiger charge is -2.28. The van der Waals surface area contributed by atoms with E-state index in [1.807, 2.05) is 0 Å². The normalized spacial score (nSPS) is 20.7. The molecule has 0 spiro atoms. The van der Waals surface area contributed by atoms with E-state index in [2.05, 4.69) is 59.9 Å². The van der Waals surface area contributed by atoms with Crippen LogP contribution in [0.5, 0.6) is 0 Å². The molecule has 1 aliphatic heterocycles. The van der Waals surface area contributed by atoms with E-state index in [0.29, 0.717) is 6.04 Å². The van der Waals surface area contributed by atoms with Crippen molar-refractivity contribution in [1.29, 1.82) is 0 Å². The van der Waals surface area contributed by atoms with Crippen molar-refractivity contribution in [2.75, 3.05) is 5.32 Å². The average Bonchev–Trinajstić information content (AvgIpc) is 2.93. The maximum atomic E-state index is 3.70. The molecule has 1 unspecified atom stereocenters. The van der Waals surface area contributed by atoms with Gasteiger partial charge in [0, 0.05) is 17.3 Å². The van der Waals surface area contributed by atoms with E-state index in [1.54, 1.807) is 5.57 Å². The molecule has 4 rings (SSSR count). The molecular weight excluding hydrogens is 230 g/mol. The number of fused-ring (bicyclic) bond motifs is 2. The van der Waals surface area contributed by atoms with Crippen LogP contribution in [0.15, 0.2) is 60.2 Å². The lowest BCUT2D eigenvalue weighted by molar-refractivity contribution is 0.812. The van der Waals surface area contributed by atoms with Crippen LogP contribution >= 0.6 is 0 Å². The summed E-state index contributed by atoms with van der Waals surface area (Å²) < 4.78 is 0. The standard InChI is InChI=1S/C18H17N/c1-2-7-13(8-3-1)18-14-9-4-5-11-16(14)19-17-12-6-10-15(17)18/h1-5,7-9,11,17,19H,6,10,12H2. The van der Waals surface area contributed by atoms with E-state index in [4.69, 9.17) is 0 Å². The van der Waals surface area contributed by atoms with E-state index < -0.39 is 0 Å². The Morgan fingerprint density at radius 1 is 0.895 bits per heavy atom. The molecule has 1 N–H and O–H groups in total. The Morgan fingerprint density at radius 2 is 1.68 bits per heavy atom. The third kappa shape index (κ3) is 1.69. The van der Waals surface area contributed by atoms with Crippen LogP contribution in [0.3, 0.4) is 0 Å². The number of rotatable bonds is 1. The first-order chi connectivity index (χ1) is 9.43. The van der Waals surface area contributed by atoms with Gasteiger partial charge in [0.25, 0.3) is 0 Å². The van der Waals surface area contributed by atoms with Gasteiger partial charge in [-0.25, -0.2) is 0 Å². The topological polar surface area (TPSA) is 12.0 Å². The zero-order valence-electron chi connectivity index (χ0n) is 10.9. The van der Waals surface area contributed by atoms with Crippen LogP contribution in [0.25, 0.3) is 5.57 Å². The molecule has 1 heterocycles. The smallest absolute Gasteiger partial charge is 0.0483 e. The van der Waals surface area contributed by atoms with Gasteiger partial charge in [-0.3, -0.25) is 0 Å². The summed E-state index contributed by atoms with van der Waals surface area (Å²) in [5.74, 6) is 0. The van der Waals surface area contributed by atoms with Gasteiger partial charge >= 0.3 is 0 Å². The first-order valence-corrected chi connectivity index (χ1v) is 7.08. The van der Waals surface area contributed by atoms with Crippen LogP contribution in [0.2, 0.25) is 0 Å². The molecule has 94 valence electrons. The molecule has 0 bridgehead atoms. The Bertz CT molecular complexity index is 640. The Morgan fingerprint density at radius 3 is 2.58 bits per heavy atom. The van der Waals surface area contributed by atoms with Gasteiger partial charge in [-0.05, 0) is 42.0 Å². The minimum atomic E-state index is 0.546. The van der Waals surface area contributed by atoms with Crippen molar-refractivity contribution in [3.63, 3.8) is 0 Å². The fourth-order valence-electron chi connectivity index (χ4n) is 3.44. The third-order valence-electron chi connectivity index (χ3n) is 4.27. The highest BCUT2D eigenvalue weighted by atomic mass is 14.9. The molecule has 2 aliphatic rings. The van der Waals surface area contributed by atoms with Gasteiger partial charge in [-0.2, -0.15) is 0 Å². The zero-order chi connectivity index (χ0) is 12.7. The van der Waals surface area contributed by atoms with E-state index >= 15 is 0 Å². The van der Waals surface area contributed by atoms with E-state index in [0.717, 1.165) is 0 Å². The summed E-state index contributed by atoms with van der Waals surface area (Å²) in [4.78, 5) is 0. The predicted octanol–water partition coefficient (Wildman–Crippen LogP) is 4.47. The number of anilines is 1. The van der Waals surface area contributed by atoms with Crippen LogP contribution in [0.1, 0.15) is 30.4 Å². The second-order valence-corrected chi connectivity index (χ2v) is 5.40. The fraction of sp³-hybridized carbons (Fsp3) is 0.222. The van der Waals surface area contributed by atoms with Crippen LogP contribution < -0.4 is 5.32 Å². The predicted molar refractivity (Wildman–Crippen MR) is 80.2 cm³/mol. The van der Waals surface area contributed by atoms with Crippen molar-refractivity contribution in [2.24, 2.45) is 0 Å². The molecule has 19 heavy (non-hydrogen) atoms. The summed E-state index contributed by atoms with van der Waals surface area (Å²) in [5, 5.41) is 3.70. The number of nitrogens with one attached hydrogen (secondary N) is 1. The lowest BCUT2D eigenvalue weighted by Crippen LogP contribution is -2.23. The molecule has 0 amide bonds.